The highest BCUT2D eigenvalue weighted by Gasteiger charge is 2.27. The summed E-state index contributed by atoms with van der Waals surface area (Å²) in [6, 6.07) is 14.3. The quantitative estimate of drug-likeness (QED) is 0.593. The Balaban J connectivity index is 1.36. The first kappa shape index (κ1) is 21.7. The van der Waals surface area contributed by atoms with Crippen LogP contribution >= 0.6 is 0 Å². The minimum absolute atomic E-state index is 0.0222. The Kier molecular flexibility index (Phi) is 6.63. The number of carbonyl (C=O) groups is 2. The van der Waals surface area contributed by atoms with Gasteiger partial charge in [-0.25, -0.2) is 9.78 Å². The molecule has 1 heterocycles. The summed E-state index contributed by atoms with van der Waals surface area (Å²) in [5, 5.41) is 3.54. The van der Waals surface area contributed by atoms with Gasteiger partial charge in [-0.15, -0.1) is 0 Å². The van der Waals surface area contributed by atoms with Crippen molar-refractivity contribution in [2.24, 2.45) is 11.8 Å². The van der Waals surface area contributed by atoms with Gasteiger partial charge in [0, 0.05) is 12.5 Å². The Morgan fingerprint density at radius 3 is 2.56 bits per heavy atom. The fourth-order valence-electron chi connectivity index (χ4n) is 4.34. The molecule has 0 bridgehead atoms. The third-order valence-corrected chi connectivity index (χ3v) is 6.08. The second-order valence-corrected chi connectivity index (χ2v) is 8.19. The number of aromatic nitrogens is 2. The molecule has 3 aromatic rings. The molecule has 1 N–H and O–H groups in total. The highest BCUT2D eigenvalue weighted by atomic mass is 16.5. The number of hydrogen-bond donors (Lipinski definition) is 1. The normalized spacial score (nSPS) is 18.3. The Labute approximate surface area is 186 Å². The summed E-state index contributed by atoms with van der Waals surface area (Å²) in [5.41, 5.74) is 1.52. The summed E-state index contributed by atoms with van der Waals surface area (Å²) in [6.07, 6.45) is 4.82. The van der Waals surface area contributed by atoms with Crippen LogP contribution in [0.3, 0.4) is 0 Å². The molecule has 1 aromatic heterocycles. The maximum absolute atomic E-state index is 12.8. The molecule has 0 atom stereocenters. The van der Waals surface area contributed by atoms with Crippen LogP contribution in [0.2, 0.25) is 0 Å². The van der Waals surface area contributed by atoms with Crippen LogP contribution in [0.25, 0.3) is 10.9 Å². The molecule has 166 valence electrons. The van der Waals surface area contributed by atoms with E-state index in [1.54, 1.807) is 48.1 Å². The molecule has 1 aliphatic rings. The lowest BCUT2D eigenvalue weighted by Gasteiger charge is -2.28. The van der Waals surface area contributed by atoms with E-state index >= 15 is 0 Å². The zero-order valence-corrected chi connectivity index (χ0v) is 18.1. The summed E-state index contributed by atoms with van der Waals surface area (Å²) in [6.45, 7) is 2.64. The first-order valence-electron chi connectivity index (χ1n) is 11.1. The number of ether oxygens (including phenoxy) is 1. The summed E-state index contributed by atoms with van der Waals surface area (Å²) in [5.74, 6) is -0.314. The maximum Gasteiger partial charge on any atom is 0.340 e. The fraction of sp³-hybridized carbons (Fsp3) is 0.360. The van der Waals surface area contributed by atoms with Gasteiger partial charge in [0.2, 0.25) is 5.91 Å². The minimum atomic E-state index is -0.443. The summed E-state index contributed by atoms with van der Waals surface area (Å²) in [7, 11) is 0. The van der Waals surface area contributed by atoms with Crippen molar-refractivity contribution in [3.05, 3.63) is 70.8 Å². The number of anilines is 1. The van der Waals surface area contributed by atoms with Crippen LogP contribution in [0.5, 0.6) is 0 Å². The summed E-state index contributed by atoms with van der Waals surface area (Å²) < 4.78 is 6.76. The number of esters is 1. The molecule has 1 aliphatic carbocycles. The number of fused-ring (bicyclic) bond motifs is 1. The molecule has 1 amide bonds. The van der Waals surface area contributed by atoms with E-state index in [4.69, 9.17) is 4.74 Å². The van der Waals surface area contributed by atoms with E-state index in [2.05, 4.69) is 10.3 Å². The number of nitrogens with zero attached hydrogens (tertiary/aromatic N) is 2. The van der Waals surface area contributed by atoms with Crippen molar-refractivity contribution in [2.75, 3.05) is 11.9 Å². The molecule has 0 aliphatic heterocycles. The minimum Gasteiger partial charge on any atom is -0.462 e. The predicted octanol–water partition coefficient (Wildman–Crippen LogP) is 4.02. The molecule has 2 aromatic carbocycles. The lowest BCUT2D eigenvalue weighted by atomic mass is 9.81. The fourth-order valence-corrected chi connectivity index (χ4v) is 4.34. The van der Waals surface area contributed by atoms with Gasteiger partial charge in [-0.1, -0.05) is 24.3 Å². The largest absolute Gasteiger partial charge is 0.462 e. The molecular formula is C25H27N3O4. The van der Waals surface area contributed by atoms with E-state index in [9.17, 15) is 14.4 Å². The lowest BCUT2D eigenvalue weighted by Crippen LogP contribution is -2.31. The van der Waals surface area contributed by atoms with Gasteiger partial charge in [0.05, 0.1) is 35.1 Å². The van der Waals surface area contributed by atoms with Crippen LogP contribution in [0.4, 0.5) is 5.69 Å². The van der Waals surface area contributed by atoms with E-state index in [1.807, 2.05) is 18.2 Å². The van der Waals surface area contributed by atoms with E-state index in [-0.39, 0.29) is 24.0 Å². The van der Waals surface area contributed by atoms with Crippen molar-refractivity contribution in [3.8, 4) is 0 Å². The van der Waals surface area contributed by atoms with Gasteiger partial charge in [-0.3, -0.25) is 14.2 Å². The zero-order chi connectivity index (χ0) is 22.5. The van der Waals surface area contributed by atoms with Gasteiger partial charge in [-0.2, -0.15) is 0 Å². The molecule has 7 nitrogen and oxygen atoms in total. The van der Waals surface area contributed by atoms with Crippen molar-refractivity contribution in [3.63, 3.8) is 0 Å². The predicted molar refractivity (Wildman–Crippen MR) is 122 cm³/mol. The monoisotopic (exact) mass is 433 g/mol. The van der Waals surface area contributed by atoms with Crippen molar-refractivity contribution in [1.29, 1.82) is 0 Å². The van der Waals surface area contributed by atoms with E-state index in [1.165, 1.54) is 0 Å². The van der Waals surface area contributed by atoms with Gasteiger partial charge < -0.3 is 10.1 Å². The van der Waals surface area contributed by atoms with Crippen LogP contribution in [0.1, 0.15) is 43.0 Å². The van der Waals surface area contributed by atoms with Crippen LogP contribution in [0.15, 0.2) is 59.7 Å². The van der Waals surface area contributed by atoms with Crippen LogP contribution in [0, 0.1) is 11.8 Å². The Morgan fingerprint density at radius 2 is 1.78 bits per heavy atom. The van der Waals surface area contributed by atoms with E-state index in [0.29, 0.717) is 34.6 Å². The molecule has 4 rings (SSSR count). The highest BCUT2D eigenvalue weighted by molar-refractivity contribution is 6.01. The average Bonchev–Trinajstić information content (AvgIpc) is 2.82. The third-order valence-electron chi connectivity index (χ3n) is 6.08. The summed E-state index contributed by atoms with van der Waals surface area (Å²) >= 11 is 0. The van der Waals surface area contributed by atoms with Crippen molar-refractivity contribution in [1.82, 2.24) is 9.55 Å². The number of benzene rings is 2. The number of carbonyl (C=O) groups excluding carboxylic acids is 2. The lowest BCUT2D eigenvalue weighted by molar-refractivity contribution is -0.121. The first-order valence-corrected chi connectivity index (χ1v) is 11.1. The van der Waals surface area contributed by atoms with Crippen molar-refractivity contribution < 1.29 is 14.3 Å². The Hall–Kier alpha value is -3.48. The first-order chi connectivity index (χ1) is 15.6. The van der Waals surface area contributed by atoms with Crippen molar-refractivity contribution >= 4 is 28.5 Å². The Bertz CT molecular complexity index is 1180. The molecular weight excluding hydrogens is 406 g/mol. The van der Waals surface area contributed by atoms with Crippen LogP contribution < -0.4 is 10.9 Å². The van der Waals surface area contributed by atoms with Gasteiger partial charge >= 0.3 is 5.97 Å². The molecule has 32 heavy (non-hydrogen) atoms. The van der Waals surface area contributed by atoms with Gasteiger partial charge in [-0.05, 0) is 62.8 Å². The molecule has 7 heteroatoms. The smallest absolute Gasteiger partial charge is 0.340 e. The number of para-hydroxylation sites is 2. The zero-order valence-electron chi connectivity index (χ0n) is 18.1. The SMILES string of the molecule is CCOC(=O)c1ccccc1NC(=O)C1CCC(Cn2cnc3ccccc3c2=O)CC1. The average molecular weight is 434 g/mol. The van der Waals surface area contributed by atoms with Crippen molar-refractivity contribution in [2.45, 2.75) is 39.2 Å². The maximum atomic E-state index is 12.8. The highest BCUT2D eigenvalue weighted by Crippen LogP contribution is 2.31. The molecule has 0 spiro atoms. The molecule has 1 saturated carbocycles. The number of rotatable bonds is 6. The molecule has 0 radical (unpaired) electrons. The van der Waals surface area contributed by atoms with Gasteiger partial charge in [0.25, 0.3) is 5.56 Å². The molecule has 0 unspecified atom stereocenters. The molecule has 0 saturated heterocycles. The van der Waals surface area contributed by atoms with E-state index in [0.717, 1.165) is 25.7 Å². The third kappa shape index (κ3) is 4.72. The van der Waals surface area contributed by atoms with Gasteiger partial charge in [0.1, 0.15) is 0 Å². The Morgan fingerprint density at radius 1 is 1.06 bits per heavy atom. The number of nitrogens with one attached hydrogen (secondary N) is 1. The van der Waals surface area contributed by atoms with Gasteiger partial charge in [0.15, 0.2) is 0 Å². The second kappa shape index (κ2) is 9.77. The topological polar surface area (TPSA) is 90.3 Å². The van der Waals surface area contributed by atoms with E-state index < -0.39 is 5.97 Å². The van der Waals surface area contributed by atoms with Crippen LogP contribution in [-0.2, 0) is 16.1 Å². The standard InChI is InChI=1S/C25H27N3O4/c1-2-32-25(31)20-8-4-6-10-22(20)27-23(29)18-13-11-17(12-14-18)15-28-16-26-21-9-5-3-7-19(21)24(28)30/h3-10,16-18H,2,11-15H2,1H3,(H,27,29). The molecule has 1 fully saturated rings. The second-order valence-electron chi connectivity index (χ2n) is 8.19. The van der Waals surface area contributed by atoms with Crippen LogP contribution in [-0.4, -0.2) is 28.0 Å². The number of hydrogen-bond acceptors (Lipinski definition) is 5. The number of amides is 1. The summed E-state index contributed by atoms with van der Waals surface area (Å²) in [4.78, 5) is 42.1.